The van der Waals surface area contributed by atoms with Crippen molar-refractivity contribution in [2.75, 3.05) is 13.1 Å². The second kappa shape index (κ2) is 7.29. The lowest BCUT2D eigenvalue weighted by atomic mass is 10.2. The van der Waals surface area contributed by atoms with E-state index in [4.69, 9.17) is 11.6 Å². The number of benzene rings is 1. The minimum Gasteiger partial charge on any atom is -0.344 e. The maximum absolute atomic E-state index is 12.0. The molecule has 2 rings (SSSR count). The molecule has 1 saturated heterocycles. The molecular formula is C15H19ClN2O2. The van der Waals surface area contributed by atoms with Crippen LogP contribution in [-0.2, 0) is 16.1 Å². The topological polar surface area (TPSA) is 49.4 Å². The van der Waals surface area contributed by atoms with Gasteiger partial charge in [0.05, 0.1) is 0 Å². The number of amides is 2. The molecule has 0 saturated carbocycles. The average molecular weight is 295 g/mol. The molecule has 2 amide bonds. The van der Waals surface area contributed by atoms with Crippen LogP contribution in [-0.4, -0.2) is 29.8 Å². The summed E-state index contributed by atoms with van der Waals surface area (Å²) in [4.78, 5) is 25.6. The Labute approximate surface area is 124 Å². The van der Waals surface area contributed by atoms with E-state index in [9.17, 15) is 9.59 Å². The third-order valence-corrected chi connectivity index (χ3v) is 3.85. The highest BCUT2D eigenvalue weighted by atomic mass is 35.5. The molecule has 0 unspecified atom stereocenters. The van der Waals surface area contributed by atoms with Crippen LogP contribution in [0.25, 0.3) is 0 Å². The maximum Gasteiger partial charge on any atom is 0.311 e. The van der Waals surface area contributed by atoms with E-state index in [1.165, 1.54) is 0 Å². The molecule has 0 radical (unpaired) electrons. The number of rotatable bonds is 2. The van der Waals surface area contributed by atoms with E-state index in [0.717, 1.165) is 31.2 Å². The van der Waals surface area contributed by atoms with E-state index in [2.05, 4.69) is 5.32 Å². The molecule has 1 aromatic carbocycles. The molecular weight excluding hydrogens is 276 g/mol. The lowest BCUT2D eigenvalue weighted by molar-refractivity contribution is -0.145. The Morgan fingerprint density at radius 3 is 2.40 bits per heavy atom. The summed E-state index contributed by atoms with van der Waals surface area (Å²) in [6.45, 7) is 1.63. The molecule has 0 spiro atoms. The quantitative estimate of drug-likeness (QED) is 0.851. The van der Waals surface area contributed by atoms with E-state index < -0.39 is 11.8 Å². The Kier molecular flexibility index (Phi) is 5.41. The summed E-state index contributed by atoms with van der Waals surface area (Å²) in [5.41, 5.74) is 0.811. The first-order chi connectivity index (χ1) is 9.68. The summed E-state index contributed by atoms with van der Waals surface area (Å²) >= 11 is 6.01. The predicted octanol–water partition coefficient (Wildman–Crippen LogP) is 2.36. The second-order valence-electron chi connectivity index (χ2n) is 4.98. The van der Waals surface area contributed by atoms with Crippen molar-refractivity contribution in [3.63, 3.8) is 0 Å². The maximum atomic E-state index is 12.0. The summed E-state index contributed by atoms with van der Waals surface area (Å²) in [6, 6.07) is 7.28. The van der Waals surface area contributed by atoms with E-state index in [1.807, 2.05) is 18.2 Å². The fraction of sp³-hybridized carbons (Fsp3) is 0.467. The van der Waals surface area contributed by atoms with Crippen molar-refractivity contribution in [3.05, 3.63) is 34.9 Å². The summed E-state index contributed by atoms with van der Waals surface area (Å²) in [6.07, 6.45) is 4.21. The number of carbonyl (C=O) groups is 2. The fourth-order valence-electron chi connectivity index (χ4n) is 2.31. The van der Waals surface area contributed by atoms with Crippen molar-refractivity contribution in [1.29, 1.82) is 0 Å². The predicted molar refractivity (Wildman–Crippen MR) is 78.3 cm³/mol. The van der Waals surface area contributed by atoms with Crippen LogP contribution in [0.4, 0.5) is 0 Å². The van der Waals surface area contributed by atoms with Crippen LogP contribution in [0.3, 0.4) is 0 Å². The number of nitrogens with zero attached hydrogens (tertiary/aromatic N) is 1. The molecule has 1 aliphatic rings. The number of hydrogen-bond acceptors (Lipinski definition) is 2. The van der Waals surface area contributed by atoms with E-state index in [1.54, 1.807) is 11.0 Å². The molecule has 0 aromatic heterocycles. The second-order valence-corrected chi connectivity index (χ2v) is 5.39. The molecule has 0 bridgehead atoms. The number of nitrogens with one attached hydrogen (secondary N) is 1. The lowest BCUT2D eigenvalue weighted by Gasteiger charge is -2.19. The molecule has 0 aliphatic carbocycles. The average Bonchev–Trinajstić information content (AvgIpc) is 2.74. The van der Waals surface area contributed by atoms with Gasteiger partial charge in [0.1, 0.15) is 0 Å². The molecule has 108 valence electrons. The van der Waals surface area contributed by atoms with Gasteiger partial charge in [0.15, 0.2) is 0 Å². The minimum absolute atomic E-state index is 0.276. The molecule has 5 heteroatoms. The Balaban J connectivity index is 1.88. The highest BCUT2D eigenvalue weighted by molar-refractivity contribution is 6.35. The van der Waals surface area contributed by atoms with E-state index in [0.29, 0.717) is 18.1 Å². The number of hydrogen-bond donors (Lipinski definition) is 1. The summed E-state index contributed by atoms with van der Waals surface area (Å²) in [5, 5.41) is 3.24. The van der Waals surface area contributed by atoms with Crippen molar-refractivity contribution < 1.29 is 9.59 Å². The number of carbonyl (C=O) groups excluding carboxylic acids is 2. The SMILES string of the molecule is O=C(NCc1ccccc1Cl)C(=O)N1CCCCCC1. The number of halogens is 1. The van der Waals surface area contributed by atoms with Crippen molar-refractivity contribution in [1.82, 2.24) is 10.2 Å². The van der Waals surface area contributed by atoms with Gasteiger partial charge in [-0.2, -0.15) is 0 Å². The van der Waals surface area contributed by atoms with Crippen LogP contribution < -0.4 is 5.32 Å². The molecule has 1 aliphatic heterocycles. The molecule has 1 aromatic rings. The summed E-state index contributed by atoms with van der Waals surface area (Å²) in [7, 11) is 0. The van der Waals surface area contributed by atoms with Gasteiger partial charge in [-0.25, -0.2) is 0 Å². The smallest absolute Gasteiger partial charge is 0.311 e. The third-order valence-electron chi connectivity index (χ3n) is 3.48. The standard InChI is InChI=1S/C15H19ClN2O2/c16-13-8-4-3-7-12(13)11-17-14(19)15(20)18-9-5-1-2-6-10-18/h3-4,7-8H,1-2,5-6,9-11H2,(H,17,19). The zero-order valence-electron chi connectivity index (χ0n) is 11.4. The summed E-state index contributed by atoms with van der Waals surface area (Å²) in [5.74, 6) is -0.981. The van der Waals surface area contributed by atoms with Gasteiger partial charge in [0.25, 0.3) is 0 Å². The zero-order valence-corrected chi connectivity index (χ0v) is 12.2. The van der Waals surface area contributed by atoms with Crippen LogP contribution in [0.2, 0.25) is 5.02 Å². The lowest BCUT2D eigenvalue weighted by Crippen LogP contribution is -2.43. The van der Waals surface area contributed by atoms with Crippen LogP contribution in [0.1, 0.15) is 31.2 Å². The number of likely N-dealkylation sites (tertiary alicyclic amines) is 1. The first kappa shape index (κ1) is 14.9. The third kappa shape index (κ3) is 3.97. The monoisotopic (exact) mass is 294 g/mol. The van der Waals surface area contributed by atoms with Crippen molar-refractivity contribution in [2.24, 2.45) is 0 Å². The Morgan fingerprint density at radius 2 is 1.75 bits per heavy atom. The Bertz CT molecular complexity index is 483. The van der Waals surface area contributed by atoms with Gasteiger partial charge in [-0.3, -0.25) is 9.59 Å². The van der Waals surface area contributed by atoms with Crippen LogP contribution >= 0.6 is 11.6 Å². The van der Waals surface area contributed by atoms with Crippen LogP contribution in [0.15, 0.2) is 24.3 Å². The van der Waals surface area contributed by atoms with Gasteiger partial charge >= 0.3 is 11.8 Å². The van der Waals surface area contributed by atoms with Crippen molar-refractivity contribution in [3.8, 4) is 0 Å². The van der Waals surface area contributed by atoms with Gasteiger partial charge in [0.2, 0.25) is 0 Å². The van der Waals surface area contributed by atoms with Gasteiger partial charge in [-0.15, -0.1) is 0 Å². The van der Waals surface area contributed by atoms with Gasteiger partial charge < -0.3 is 10.2 Å². The molecule has 4 nitrogen and oxygen atoms in total. The first-order valence-corrected chi connectivity index (χ1v) is 7.37. The normalized spacial score (nSPS) is 15.6. The van der Waals surface area contributed by atoms with E-state index in [-0.39, 0.29) is 6.54 Å². The zero-order chi connectivity index (χ0) is 14.4. The van der Waals surface area contributed by atoms with Crippen molar-refractivity contribution in [2.45, 2.75) is 32.2 Å². The highest BCUT2D eigenvalue weighted by Crippen LogP contribution is 2.14. The fourth-order valence-corrected chi connectivity index (χ4v) is 2.51. The molecule has 1 heterocycles. The van der Waals surface area contributed by atoms with Gasteiger partial charge in [-0.05, 0) is 24.5 Å². The van der Waals surface area contributed by atoms with Crippen molar-refractivity contribution >= 4 is 23.4 Å². The molecule has 1 N–H and O–H groups in total. The molecule has 0 atom stereocenters. The minimum atomic E-state index is -0.549. The first-order valence-electron chi connectivity index (χ1n) is 6.99. The Hall–Kier alpha value is -1.55. The Morgan fingerprint density at radius 1 is 1.10 bits per heavy atom. The van der Waals surface area contributed by atoms with Gasteiger partial charge in [-0.1, -0.05) is 42.6 Å². The van der Waals surface area contributed by atoms with Crippen LogP contribution in [0, 0.1) is 0 Å². The van der Waals surface area contributed by atoms with E-state index >= 15 is 0 Å². The van der Waals surface area contributed by atoms with Crippen LogP contribution in [0.5, 0.6) is 0 Å². The summed E-state index contributed by atoms with van der Waals surface area (Å²) < 4.78 is 0. The highest BCUT2D eigenvalue weighted by Gasteiger charge is 2.22. The largest absolute Gasteiger partial charge is 0.344 e. The molecule has 1 fully saturated rings. The molecule has 20 heavy (non-hydrogen) atoms. The van der Waals surface area contributed by atoms with Gasteiger partial charge in [0, 0.05) is 24.7 Å².